The fraction of sp³-hybridized carbons (Fsp3) is 0.632. The lowest BCUT2D eigenvalue weighted by molar-refractivity contribution is -0.145. The first-order valence-corrected chi connectivity index (χ1v) is 10.8. The Morgan fingerprint density at radius 1 is 1.00 bits per heavy atom. The van der Waals surface area contributed by atoms with Gasteiger partial charge in [0, 0.05) is 13.1 Å². The predicted octanol–water partition coefficient (Wildman–Crippen LogP) is -4.24. The van der Waals surface area contributed by atoms with Gasteiger partial charge in [0.15, 0.2) is 5.96 Å². The summed E-state index contributed by atoms with van der Waals surface area (Å²) in [6.45, 7) is 0.287. The first kappa shape index (κ1) is 29.1. The smallest absolute Gasteiger partial charge is 0.326 e. The van der Waals surface area contributed by atoms with Gasteiger partial charge in [-0.15, -0.1) is 0 Å². The van der Waals surface area contributed by atoms with E-state index in [4.69, 9.17) is 28.0 Å². The predicted molar refractivity (Wildman–Crippen MR) is 120 cm³/mol. The second-order valence-electron chi connectivity index (χ2n) is 7.97. The summed E-state index contributed by atoms with van der Waals surface area (Å²) < 4.78 is 0. The Kier molecular flexibility index (Phi) is 11.4. The van der Waals surface area contributed by atoms with Crippen molar-refractivity contribution in [3.8, 4) is 0 Å². The molecule has 1 aliphatic rings. The lowest BCUT2D eigenvalue weighted by atomic mass is 10.1. The number of guanidine groups is 1. The molecular formula is C19H32N8O8. The van der Waals surface area contributed by atoms with Gasteiger partial charge in [0.2, 0.25) is 23.6 Å². The lowest BCUT2D eigenvalue weighted by Crippen LogP contribution is -2.57. The number of carboxylic acids is 2. The number of nitrogens with two attached hydrogens (primary N) is 4. The van der Waals surface area contributed by atoms with Crippen molar-refractivity contribution in [1.29, 1.82) is 0 Å². The van der Waals surface area contributed by atoms with Gasteiger partial charge in [-0.1, -0.05) is 0 Å². The topological polar surface area (TPSA) is 287 Å². The first-order valence-electron chi connectivity index (χ1n) is 10.8. The summed E-state index contributed by atoms with van der Waals surface area (Å²) in [6.07, 6.45) is -0.362. The van der Waals surface area contributed by atoms with E-state index in [2.05, 4.69) is 15.6 Å². The van der Waals surface area contributed by atoms with Gasteiger partial charge in [-0.05, 0) is 25.7 Å². The fourth-order valence-corrected chi connectivity index (χ4v) is 3.51. The molecule has 16 heteroatoms. The summed E-state index contributed by atoms with van der Waals surface area (Å²) in [5.41, 5.74) is 21.2. The van der Waals surface area contributed by atoms with Crippen LogP contribution in [0.2, 0.25) is 0 Å². The number of aliphatic carboxylic acids is 2. The normalized spacial score (nSPS) is 17.5. The molecule has 1 aliphatic heterocycles. The zero-order chi connectivity index (χ0) is 26.7. The van der Waals surface area contributed by atoms with E-state index >= 15 is 0 Å². The highest BCUT2D eigenvalue weighted by Gasteiger charge is 2.38. The molecule has 12 N–H and O–H groups in total. The summed E-state index contributed by atoms with van der Waals surface area (Å²) in [7, 11) is 0. The van der Waals surface area contributed by atoms with Crippen molar-refractivity contribution < 1.29 is 39.0 Å². The quantitative estimate of drug-likeness (QED) is 0.0642. The highest BCUT2D eigenvalue weighted by molar-refractivity contribution is 5.95. The molecule has 0 spiro atoms. The molecule has 35 heavy (non-hydrogen) atoms. The van der Waals surface area contributed by atoms with Gasteiger partial charge in [-0.2, -0.15) is 0 Å². The number of carbonyl (C=O) groups excluding carboxylic acids is 4. The fourth-order valence-electron chi connectivity index (χ4n) is 3.51. The number of hydrogen-bond donors (Lipinski definition) is 8. The van der Waals surface area contributed by atoms with Crippen molar-refractivity contribution >= 4 is 41.5 Å². The van der Waals surface area contributed by atoms with Crippen molar-refractivity contribution in [2.45, 2.75) is 62.7 Å². The van der Waals surface area contributed by atoms with Crippen LogP contribution >= 0.6 is 0 Å². The molecule has 4 atom stereocenters. The second kappa shape index (κ2) is 13.7. The van der Waals surface area contributed by atoms with Crippen LogP contribution in [0.5, 0.6) is 0 Å². The first-order chi connectivity index (χ1) is 16.3. The second-order valence-corrected chi connectivity index (χ2v) is 7.97. The highest BCUT2D eigenvalue weighted by Crippen LogP contribution is 2.19. The molecule has 0 radical (unpaired) electrons. The summed E-state index contributed by atoms with van der Waals surface area (Å²) in [5, 5.41) is 22.8. The SMILES string of the molecule is NC(=O)CC(NC(=O)C(CCCN=C(N)N)NC(=O)C1CCCN1C(=O)C(N)CC(=O)O)C(=O)O. The molecule has 0 aromatic carbocycles. The number of aliphatic imine (C=N–C) groups is 1. The molecule has 1 rings (SSSR count). The molecule has 1 heterocycles. The molecule has 0 aromatic heterocycles. The van der Waals surface area contributed by atoms with Crippen LogP contribution in [-0.2, 0) is 28.8 Å². The van der Waals surface area contributed by atoms with Gasteiger partial charge >= 0.3 is 11.9 Å². The van der Waals surface area contributed by atoms with Gasteiger partial charge in [0.25, 0.3) is 0 Å². The Morgan fingerprint density at radius 2 is 1.66 bits per heavy atom. The van der Waals surface area contributed by atoms with Crippen molar-refractivity contribution in [3.63, 3.8) is 0 Å². The van der Waals surface area contributed by atoms with Crippen molar-refractivity contribution in [3.05, 3.63) is 0 Å². The molecule has 1 fully saturated rings. The Hall–Kier alpha value is -3.95. The third-order valence-corrected chi connectivity index (χ3v) is 5.15. The Morgan fingerprint density at radius 3 is 2.20 bits per heavy atom. The van der Waals surface area contributed by atoms with Crippen LogP contribution in [0, 0.1) is 0 Å². The van der Waals surface area contributed by atoms with Gasteiger partial charge < -0.3 is 48.7 Å². The van der Waals surface area contributed by atoms with Crippen LogP contribution in [0.4, 0.5) is 0 Å². The number of likely N-dealkylation sites (tertiary alicyclic amines) is 1. The third kappa shape index (κ3) is 9.83. The zero-order valence-corrected chi connectivity index (χ0v) is 19.0. The maximum absolute atomic E-state index is 13.0. The van der Waals surface area contributed by atoms with Crippen molar-refractivity contribution in [2.75, 3.05) is 13.1 Å². The number of amides is 4. The molecular weight excluding hydrogens is 468 g/mol. The van der Waals surface area contributed by atoms with Crippen LogP contribution in [-0.4, -0.2) is 93.9 Å². The molecule has 4 amide bonds. The summed E-state index contributed by atoms with van der Waals surface area (Å²) >= 11 is 0. The number of rotatable bonds is 14. The average Bonchev–Trinajstić information content (AvgIpc) is 3.23. The van der Waals surface area contributed by atoms with E-state index in [0.717, 1.165) is 4.90 Å². The molecule has 196 valence electrons. The summed E-state index contributed by atoms with van der Waals surface area (Å²) in [4.78, 5) is 76.6. The monoisotopic (exact) mass is 500 g/mol. The number of nitrogens with one attached hydrogen (secondary N) is 2. The average molecular weight is 501 g/mol. The van der Waals surface area contributed by atoms with E-state index in [9.17, 15) is 33.9 Å². The molecule has 0 aliphatic carbocycles. The van der Waals surface area contributed by atoms with Crippen LogP contribution in [0.3, 0.4) is 0 Å². The van der Waals surface area contributed by atoms with E-state index in [1.165, 1.54) is 0 Å². The van der Waals surface area contributed by atoms with E-state index in [0.29, 0.717) is 6.42 Å². The largest absolute Gasteiger partial charge is 0.481 e. The Labute approximate surface area is 200 Å². The van der Waals surface area contributed by atoms with E-state index in [1.807, 2.05) is 0 Å². The number of hydrogen-bond acceptors (Lipinski definition) is 8. The number of primary amides is 1. The summed E-state index contributed by atoms with van der Waals surface area (Å²) in [5.74, 6) is -6.22. The van der Waals surface area contributed by atoms with Crippen molar-refractivity contribution in [2.24, 2.45) is 27.9 Å². The Balaban J connectivity index is 2.98. The maximum atomic E-state index is 13.0. The third-order valence-electron chi connectivity index (χ3n) is 5.15. The number of nitrogens with zero attached hydrogens (tertiary/aromatic N) is 2. The van der Waals surface area contributed by atoms with Crippen LogP contribution in [0.15, 0.2) is 4.99 Å². The van der Waals surface area contributed by atoms with Gasteiger partial charge in [0.05, 0.1) is 18.9 Å². The van der Waals surface area contributed by atoms with Crippen LogP contribution in [0.25, 0.3) is 0 Å². The summed E-state index contributed by atoms with van der Waals surface area (Å²) in [6, 6.07) is -5.21. The van der Waals surface area contributed by atoms with E-state index in [-0.39, 0.29) is 38.3 Å². The van der Waals surface area contributed by atoms with Gasteiger partial charge in [0.1, 0.15) is 18.1 Å². The van der Waals surface area contributed by atoms with Crippen molar-refractivity contribution in [1.82, 2.24) is 15.5 Å². The standard InChI is InChI=1S/C19H32N8O8/c20-9(7-14(29)30)17(33)27-6-2-4-12(27)16(32)25-10(3-1-5-24-19(22)23)15(31)26-11(18(34)35)8-13(21)28/h9-12H,1-8,20H2,(H2,21,28)(H,25,32)(H,26,31)(H,29,30)(H,34,35)(H4,22,23,24). The number of carboxylic acid groups (broad SMARTS) is 2. The molecule has 0 saturated carbocycles. The van der Waals surface area contributed by atoms with Gasteiger partial charge in [-0.3, -0.25) is 29.0 Å². The molecule has 16 nitrogen and oxygen atoms in total. The van der Waals surface area contributed by atoms with Crippen LogP contribution in [0.1, 0.15) is 38.5 Å². The molecule has 0 bridgehead atoms. The Bertz CT molecular complexity index is 860. The lowest BCUT2D eigenvalue weighted by Gasteiger charge is -2.28. The molecule has 1 saturated heterocycles. The number of carbonyl (C=O) groups is 6. The van der Waals surface area contributed by atoms with Crippen LogP contribution < -0.4 is 33.6 Å². The van der Waals surface area contributed by atoms with Gasteiger partial charge in [-0.25, -0.2) is 4.79 Å². The van der Waals surface area contributed by atoms with E-state index < -0.39 is 72.6 Å². The minimum absolute atomic E-state index is 0.00351. The molecule has 0 aromatic rings. The minimum atomic E-state index is -1.62. The molecule has 4 unspecified atom stereocenters. The zero-order valence-electron chi connectivity index (χ0n) is 19.0. The minimum Gasteiger partial charge on any atom is -0.481 e. The van der Waals surface area contributed by atoms with E-state index in [1.54, 1.807) is 0 Å². The maximum Gasteiger partial charge on any atom is 0.326 e. The highest BCUT2D eigenvalue weighted by atomic mass is 16.4.